The summed E-state index contributed by atoms with van der Waals surface area (Å²) in [5.41, 5.74) is 7.05. The number of urea groups is 1. The van der Waals surface area contributed by atoms with Crippen LogP contribution in [0.4, 0.5) is 9.59 Å². The number of piperidine rings is 1. The second-order valence-electron chi connectivity index (χ2n) is 10.1. The number of hydrogen-bond acceptors (Lipinski definition) is 8. The van der Waals surface area contributed by atoms with E-state index in [0.717, 1.165) is 12.8 Å². The summed E-state index contributed by atoms with van der Waals surface area (Å²) in [5.74, 6) is -0.759. The number of unbranched alkanes of at least 4 members (excludes halogenated alkanes) is 1. The Kier molecular flexibility index (Phi) is 9.14. The smallest absolute Gasteiger partial charge is 0.422 e. The van der Waals surface area contributed by atoms with Crippen LogP contribution in [0.2, 0.25) is 0 Å². The first kappa shape index (κ1) is 27.0. The van der Waals surface area contributed by atoms with Crippen molar-refractivity contribution in [2.24, 2.45) is 0 Å². The van der Waals surface area contributed by atoms with Gasteiger partial charge in [0.1, 0.15) is 11.6 Å². The normalized spacial score (nSPS) is 23.3. The van der Waals surface area contributed by atoms with Crippen molar-refractivity contribution in [1.82, 2.24) is 36.1 Å². The molecule has 0 unspecified atom stereocenters. The molecule has 5 amide bonds. The SMILES string of the molecule is CCCCON1C(=O)N2C[C@@H]1CC[C@H]2C(=O)NNC(=O)CN1CCN(NC(=O)OC(C)(C)C)CC1. The van der Waals surface area contributed by atoms with E-state index in [1.807, 2.05) is 4.90 Å². The van der Waals surface area contributed by atoms with Crippen molar-refractivity contribution < 1.29 is 28.8 Å². The predicted molar refractivity (Wildman–Crippen MR) is 125 cm³/mol. The van der Waals surface area contributed by atoms with E-state index in [4.69, 9.17) is 9.57 Å². The van der Waals surface area contributed by atoms with E-state index >= 15 is 0 Å². The van der Waals surface area contributed by atoms with Crippen molar-refractivity contribution in [1.29, 1.82) is 0 Å². The molecule has 3 aliphatic rings. The van der Waals surface area contributed by atoms with E-state index in [9.17, 15) is 19.2 Å². The molecule has 13 nitrogen and oxygen atoms in total. The Morgan fingerprint density at radius 3 is 2.43 bits per heavy atom. The maximum Gasteiger partial charge on any atom is 0.422 e. The van der Waals surface area contributed by atoms with Gasteiger partial charge in [0.25, 0.3) is 11.8 Å². The minimum absolute atomic E-state index is 0.0403. The Morgan fingerprint density at radius 1 is 1.06 bits per heavy atom. The lowest BCUT2D eigenvalue weighted by atomic mass is 10.0. The molecule has 3 N–H and O–H groups in total. The molecular formula is C22H39N7O6. The molecule has 35 heavy (non-hydrogen) atoms. The Labute approximate surface area is 206 Å². The number of rotatable bonds is 8. The fourth-order valence-corrected chi connectivity index (χ4v) is 4.28. The summed E-state index contributed by atoms with van der Waals surface area (Å²) in [6.07, 6.45) is 2.51. The Bertz CT molecular complexity index is 781. The van der Waals surface area contributed by atoms with Crippen LogP contribution in [0.5, 0.6) is 0 Å². The van der Waals surface area contributed by atoms with Gasteiger partial charge in [0.05, 0.1) is 19.2 Å². The molecule has 0 aromatic heterocycles. The highest BCUT2D eigenvalue weighted by Gasteiger charge is 2.47. The highest BCUT2D eigenvalue weighted by molar-refractivity contribution is 5.90. The molecule has 2 bridgehead atoms. The third kappa shape index (κ3) is 7.67. The van der Waals surface area contributed by atoms with Gasteiger partial charge in [-0.2, -0.15) is 5.06 Å². The number of fused-ring (bicyclic) bond motifs is 2. The van der Waals surface area contributed by atoms with Crippen LogP contribution in [0.1, 0.15) is 53.4 Å². The van der Waals surface area contributed by atoms with E-state index in [1.165, 1.54) is 9.96 Å². The zero-order valence-corrected chi connectivity index (χ0v) is 21.2. The lowest BCUT2D eigenvalue weighted by Gasteiger charge is -2.34. The van der Waals surface area contributed by atoms with Gasteiger partial charge in [-0.05, 0) is 40.0 Å². The fourth-order valence-electron chi connectivity index (χ4n) is 4.28. The van der Waals surface area contributed by atoms with Crippen LogP contribution in [-0.2, 0) is 19.2 Å². The van der Waals surface area contributed by atoms with Crippen molar-refractivity contribution in [3.63, 3.8) is 0 Å². The van der Waals surface area contributed by atoms with Crippen molar-refractivity contribution in [3.05, 3.63) is 0 Å². The van der Waals surface area contributed by atoms with Gasteiger partial charge in [-0.15, -0.1) is 0 Å². The topological polar surface area (TPSA) is 136 Å². The average molecular weight is 498 g/mol. The number of amides is 5. The van der Waals surface area contributed by atoms with Crippen molar-refractivity contribution >= 4 is 23.9 Å². The number of piperazine rings is 1. The van der Waals surface area contributed by atoms with Gasteiger partial charge in [-0.1, -0.05) is 13.3 Å². The molecule has 198 valence electrons. The number of hydroxylamine groups is 2. The Morgan fingerprint density at radius 2 is 1.77 bits per heavy atom. The Hall–Kier alpha value is -2.64. The van der Waals surface area contributed by atoms with Gasteiger partial charge < -0.3 is 9.64 Å². The molecule has 0 aliphatic carbocycles. The van der Waals surface area contributed by atoms with E-state index in [0.29, 0.717) is 52.2 Å². The zero-order chi connectivity index (χ0) is 25.6. The summed E-state index contributed by atoms with van der Waals surface area (Å²) in [5, 5.41) is 3.15. The third-order valence-corrected chi connectivity index (χ3v) is 6.07. The van der Waals surface area contributed by atoms with E-state index in [-0.39, 0.29) is 24.5 Å². The molecule has 3 saturated heterocycles. The molecule has 0 saturated carbocycles. The molecule has 0 spiro atoms. The second kappa shape index (κ2) is 11.9. The van der Waals surface area contributed by atoms with Gasteiger partial charge in [0.15, 0.2) is 0 Å². The molecule has 3 aliphatic heterocycles. The number of hydrogen-bond donors (Lipinski definition) is 3. The van der Waals surface area contributed by atoms with E-state index < -0.39 is 23.6 Å². The molecule has 2 atom stereocenters. The van der Waals surface area contributed by atoms with Crippen LogP contribution in [0.3, 0.4) is 0 Å². The number of carbonyl (C=O) groups excluding carboxylic acids is 4. The second-order valence-corrected chi connectivity index (χ2v) is 10.1. The molecule has 3 rings (SSSR count). The minimum atomic E-state index is -0.638. The molecule has 3 heterocycles. The summed E-state index contributed by atoms with van der Waals surface area (Å²) in [7, 11) is 0. The van der Waals surface area contributed by atoms with E-state index in [1.54, 1.807) is 25.8 Å². The van der Waals surface area contributed by atoms with Crippen molar-refractivity contribution in [3.8, 4) is 0 Å². The Balaban J connectivity index is 1.36. The van der Waals surface area contributed by atoms with E-state index in [2.05, 4.69) is 23.2 Å². The van der Waals surface area contributed by atoms with Gasteiger partial charge in [-0.25, -0.2) is 14.6 Å². The monoisotopic (exact) mass is 497 g/mol. The third-order valence-electron chi connectivity index (χ3n) is 6.07. The largest absolute Gasteiger partial charge is 0.443 e. The fraction of sp³-hybridized carbons (Fsp3) is 0.818. The molecule has 0 aromatic carbocycles. The number of hydrazine groups is 2. The van der Waals surface area contributed by atoms with Gasteiger partial charge in [0, 0.05) is 32.7 Å². The molecular weight excluding hydrogens is 458 g/mol. The van der Waals surface area contributed by atoms with Crippen molar-refractivity contribution in [2.75, 3.05) is 45.9 Å². The lowest BCUT2D eigenvalue weighted by Crippen LogP contribution is -2.57. The van der Waals surface area contributed by atoms with Crippen molar-refractivity contribution in [2.45, 2.75) is 71.1 Å². The summed E-state index contributed by atoms with van der Waals surface area (Å²) in [6.45, 7) is 10.7. The first-order valence-corrected chi connectivity index (χ1v) is 12.4. The van der Waals surface area contributed by atoms with Crippen LogP contribution in [-0.4, -0.2) is 107 Å². The van der Waals surface area contributed by atoms with Gasteiger partial charge in [0.2, 0.25) is 0 Å². The summed E-state index contributed by atoms with van der Waals surface area (Å²) in [6, 6.07) is -0.976. The molecule has 0 aromatic rings. The average Bonchev–Trinajstić information content (AvgIpc) is 3.02. The number of nitrogens with one attached hydrogen (secondary N) is 3. The van der Waals surface area contributed by atoms with Crippen LogP contribution in [0, 0.1) is 0 Å². The molecule has 13 heteroatoms. The first-order chi connectivity index (χ1) is 16.6. The number of nitrogens with zero attached hydrogens (tertiary/aromatic N) is 4. The lowest BCUT2D eigenvalue weighted by molar-refractivity contribution is -0.133. The van der Waals surface area contributed by atoms with Crippen LogP contribution < -0.4 is 16.3 Å². The zero-order valence-electron chi connectivity index (χ0n) is 21.2. The minimum Gasteiger partial charge on any atom is -0.443 e. The maximum absolute atomic E-state index is 12.7. The predicted octanol–water partition coefficient (Wildman–Crippen LogP) is 0.191. The van der Waals surface area contributed by atoms with Crippen LogP contribution >= 0.6 is 0 Å². The van der Waals surface area contributed by atoms with Crippen LogP contribution in [0.15, 0.2) is 0 Å². The highest BCUT2D eigenvalue weighted by atomic mass is 16.7. The summed E-state index contributed by atoms with van der Waals surface area (Å²) in [4.78, 5) is 58.7. The summed E-state index contributed by atoms with van der Waals surface area (Å²) >= 11 is 0. The summed E-state index contributed by atoms with van der Waals surface area (Å²) < 4.78 is 5.25. The van der Waals surface area contributed by atoms with Gasteiger partial charge >= 0.3 is 12.1 Å². The number of ether oxygens (including phenoxy) is 1. The van der Waals surface area contributed by atoms with Crippen LogP contribution in [0.25, 0.3) is 0 Å². The standard InChI is InChI=1S/C22H39N7O6/c1-5-6-13-34-29-16-7-8-17(28(14-16)21(29)33)19(31)24-23-18(30)15-26-9-11-27(12-10-26)25-20(32)35-22(2,3)4/h16-17H,5-15H2,1-4H3,(H,23,30)(H,24,31)(H,25,32)/t16-,17-/m0/s1. The quantitative estimate of drug-likeness (QED) is 0.320. The first-order valence-electron chi connectivity index (χ1n) is 12.4. The highest BCUT2D eigenvalue weighted by Crippen LogP contribution is 2.30. The molecule has 0 radical (unpaired) electrons. The van der Waals surface area contributed by atoms with Gasteiger partial charge in [-0.3, -0.25) is 35.6 Å². The maximum atomic E-state index is 12.7. The molecule has 3 fully saturated rings. The number of carbonyl (C=O) groups is 4.